The van der Waals surface area contributed by atoms with Gasteiger partial charge in [0.2, 0.25) is 17.6 Å². The molecule has 1 aliphatic heterocycles. The van der Waals surface area contributed by atoms with E-state index in [2.05, 4.69) is 41.1 Å². The number of likely N-dealkylation sites (tertiary alicyclic amines) is 1. The second kappa shape index (κ2) is 9.22. The number of carbonyl (C=O) groups is 1. The van der Waals surface area contributed by atoms with Crippen molar-refractivity contribution in [3.05, 3.63) is 71.6 Å². The lowest BCUT2D eigenvalue weighted by Gasteiger charge is -2.26. The number of benzene rings is 2. The van der Waals surface area contributed by atoms with Crippen molar-refractivity contribution in [1.29, 1.82) is 0 Å². The minimum atomic E-state index is 0.235. The molecule has 156 valence electrons. The maximum atomic E-state index is 12.7. The van der Waals surface area contributed by atoms with Gasteiger partial charge in [0.05, 0.1) is 6.54 Å². The number of hydrogen-bond acceptors (Lipinski definition) is 5. The maximum Gasteiger partial charge on any atom is 0.241 e. The summed E-state index contributed by atoms with van der Waals surface area (Å²) >= 11 is 0. The lowest BCUT2D eigenvalue weighted by Crippen LogP contribution is -2.33. The van der Waals surface area contributed by atoms with E-state index in [0.29, 0.717) is 37.3 Å². The highest BCUT2D eigenvalue weighted by atomic mass is 16.5. The predicted octanol–water partition coefficient (Wildman–Crippen LogP) is 4.06. The first-order chi connectivity index (χ1) is 14.6. The van der Waals surface area contributed by atoms with Gasteiger partial charge in [0.25, 0.3) is 0 Å². The molecule has 0 radical (unpaired) electrons. The third-order valence-electron chi connectivity index (χ3n) is 5.91. The Morgan fingerprint density at radius 3 is 2.67 bits per heavy atom. The molecule has 4 rings (SSSR count). The van der Waals surface area contributed by atoms with Crippen molar-refractivity contribution < 1.29 is 9.32 Å². The van der Waals surface area contributed by atoms with Gasteiger partial charge in [-0.05, 0) is 37.9 Å². The van der Waals surface area contributed by atoms with Gasteiger partial charge in [0, 0.05) is 31.1 Å². The molecule has 1 atom stereocenters. The fourth-order valence-electron chi connectivity index (χ4n) is 3.99. The standard InChI is InChI=1S/C24H28N4O2/c1-18-8-6-7-11-20(18)16-28-15-14-21(12-13-23(28)29)27(2)17-22-25-24(26-30-22)19-9-4-3-5-10-19/h3-11,21H,12-17H2,1-2H3/t21-/m1/s1. The van der Waals surface area contributed by atoms with Gasteiger partial charge in [-0.3, -0.25) is 9.69 Å². The molecule has 0 aliphatic carbocycles. The Kier molecular flexibility index (Phi) is 6.23. The summed E-state index contributed by atoms with van der Waals surface area (Å²) in [7, 11) is 2.07. The molecule has 1 saturated heterocycles. The van der Waals surface area contributed by atoms with Gasteiger partial charge in [-0.25, -0.2) is 0 Å². The summed E-state index contributed by atoms with van der Waals surface area (Å²) in [6, 6.07) is 18.4. The molecule has 0 unspecified atom stereocenters. The first-order valence-corrected chi connectivity index (χ1v) is 10.5. The molecule has 2 aromatic carbocycles. The van der Waals surface area contributed by atoms with Crippen molar-refractivity contribution in [2.45, 2.75) is 45.3 Å². The summed E-state index contributed by atoms with van der Waals surface area (Å²) in [6.45, 7) is 4.13. The van der Waals surface area contributed by atoms with E-state index in [4.69, 9.17) is 4.52 Å². The van der Waals surface area contributed by atoms with Crippen LogP contribution in [0.5, 0.6) is 0 Å². The third kappa shape index (κ3) is 4.76. The van der Waals surface area contributed by atoms with Crippen LogP contribution in [0.15, 0.2) is 59.1 Å². The van der Waals surface area contributed by atoms with Crippen molar-refractivity contribution in [3.63, 3.8) is 0 Å². The van der Waals surface area contributed by atoms with E-state index in [-0.39, 0.29) is 5.91 Å². The van der Waals surface area contributed by atoms with Crippen LogP contribution in [-0.2, 0) is 17.9 Å². The Balaban J connectivity index is 1.36. The second-order valence-corrected chi connectivity index (χ2v) is 8.02. The quantitative estimate of drug-likeness (QED) is 0.620. The Morgan fingerprint density at radius 2 is 1.87 bits per heavy atom. The molecule has 0 spiro atoms. The SMILES string of the molecule is Cc1ccccc1CN1CC[C@H](N(C)Cc2nc(-c3ccccc3)no2)CCC1=O. The first-order valence-electron chi connectivity index (χ1n) is 10.5. The number of aromatic nitrogens is 2. The molecule has 2 heterocycles. The van der Waals surface area contributed by atoms with Crippen LogP contribution in [0.25, 0.3) is 11.4 Å². The minimum absolute atomic E-state index is 0.235. The van der Waals surface area contributed by atoms with E-state index in [0.717, 1.165) is 24.9 Å². The van der Waals surface area contributed by atoms with Gasteiger partial charge in [-0.1, -0.05) is 59.8 Å². The van der Waals surface area contributed by atoms with Gasteiger partial charge >= 0.3 is 0 Å². The highest BCUT2D eigenvalue weighted by molar-refractivity contribution is 5.76. The molecular weight excluding hydrogens is 376 g/mol. The second-order valence-electron chi connectivity index (χ2n) is 8.02. The van der Waals surface area contributed by atoms with E-state index in [1.165, 1.54) is 11.1 Å². The van der Waals surface area contributed by atoms with E-state index >= 15 is 0 Å². The number of hydrogen-bond donors (Lipinski definition) is 0. The zero-order chi connectivity index (χ0) is 20.9. The molecule has 6 nitrogen and oxygen atoms in total. The third-order valence-corrected chi connectivity index (χ3v) is 5.91. The summed E-state index contributed by atoms with van der Waals surface area (Å²) in [5.74, 6) is 1.45. The van der Waals surface area contributed by atoms with Crippen molar-refractivity contribution in [2.75, 3.05) is 13.6 Å². The fourth-order valence-corrected chi connectivity index (χ4v) is 3.99. The van der Waals surface area contributed by atoms with E-state index in [9.17, 15) is 4.79 Å². The Hall–Kier alpha value is -2.99. The molecule has 0 saturated carbocycles. The van der Waals surface area contributed by atoms with Crippen molar-refractivity contribution in [3.8, 4) is 11.4 Å². The average molecular weight is 405 g/mol. The number of nitrogens with zero attached hydrogens (tertiary/aromatic N) is 4. The van der Waals surface area contributed by atoms with E-state index in [1.807, 2.05) is 47.4 Å². The summed E-state index contributed by atoms with van der Waals surface area (Å²) in [5, 5.41) is 4.11. The first kappa shape index (κ1) is 20.3. The maximum absolute atomic E-state index is 12.7. The lowest BCUT2D eigenvalue weighted by molar-refractivity contribution is -0.131. The fraction of sp³-hybridized carbons (Fsp3) is 0.375. The zero-order valence-electron chi connectivity index (χ0n) is 17.6. The molecule has 1 fully saturated rings. The molecule has 30 heavy (non-hydrogen) atoms. The van der Waals surface area contributed by atoms with Crippen LogP contribution < -0.4 is 0 Å². The van der Waals surface area contributed by atoms with E-state index < -0.39 is 0 Å². The monoisotopic (exact) mass is 404 g/mol. The van der Waals surface area contributed by atoms with Crippen LogP contribution in [0.3, 0.4) is 0 Å². The topological polar surface area (TPSA) is 62.5 Å². The molecule has 0 N–H and O–H groups in total. The highest BCUT2D eigenvalue weighted by Crippen LogP contribution is 2.22. The average Bonchev–Trinajstić information content (AvgIpc) is 3.14. The molecule has 0 bridgehead atoms. The Bertz CT molecular complexity index is 986. The van der Waals surface area contributed by atoms with Crippen molar-refractivity contribution in [1.82, 2.24) is 19.9 Å². The smallest absolute Gasteiger partial charge is 0.241 e. The van der Waals surface area contributed by atoms with Crippen LogP contribution in [0.4, 0.5) is 0 Å². The van der Waals surface area contributed by atoms with Gasteiger partial charge in [-0.2, -0.15) is 4.98 Å². The normalized spacial score (nSPS) is 17.4. The molecule has 1 aliphatic rings. The molecule has 6 heteroatoms. The predicted molar refractivity (Wildman–Crippen MR) is 115 cm³/mol. The number of amides is 1. The van der Waals surface area contributed by atoms with Crippen molar-refractivity contribution in [2.24, 2.45) is 0 Å². The lowest BCUT2D eigenvalue weighted by atomic mass is 10.1. The van der Waals surface area contributed by atoms with Gasteiger partial charge < -0.3 is 9.42 Å². The van der Waals surface area contributed by atoms with E-state index in [1.54, 1.807) is 0 Å². The molecule has 3 aromatic rings. The summed E-state index contributed by atoms with van der Waals surface area (Å²) in [4.78, 5) is 21.4. The number of carbonyl (C=O) groups excluding carboxylic acids is 1. The zero-order valence-corrected chi connectivity index (χ0v) is 17.6. The Labute approximate surface area is 177 Å². The Morgan fingerprint density at radius 1 is 1.10 bits per heavy atom. The van der Waals surface area contributed by atoms with Gasteiger partial charge in [0.1, 0.15) is 0 Å². The molecular formula is C24H28N4O2. The molecule has 1 amide bonds. The van der Waals surface area contributed by atoms with Crippen molar-refractivity contribution >= 4 is 5.91 Å². The van der Waals surface area contributed by atoms with Crippen LogP contribution in [0.1, 0.15) is 36.3 Å². The number of aryl methyl sites for hydroxylation is 1. The number of rotatable bonds is 6. The largest absolute Gasteiger partial charge is 0.338 e. The van der Waals surface area contributed by atoms with Crippen LogP contribution in [0.2, 0.25) is 0 Å². The van der Waals surface area contributed by atoms with Crippen LogP contribution in [0, 0.1) is 6.92 Å². The van der Waals surface area contributed by atoms with Gasteiger partial charge in [-0.15, -0.1) is 0 Å². The highest BCUT2D eigenvalue weighted by Gasteiger charge is 2.26. The summed E-state index contributed by atoms with van der Waals surface area (Å²) < 4.78 is 5.47. The molecule has 1 aromatic heterocycles. The van der Waals surface area contributed by atoms with Crippen LogP contribution >= 0.6 is 0 Å². The van der Waals surface area contributed by atoms with Gasteiger partial charge in [0.15, 0.2) is 0 Å². The summed E-state index contributed by atoms with van der Waals surface area (Å²) in [6.07, 6.45) is 2.35. The minimum Gasteiger partial charge on any atom is -0.338 e. The van der Waals surface area contributed by atoms with Crippen LogP contribution in [-0.4, -0.2) is 45.5 Å². The summed E-state index contributed by atoms with van der Waals surface area (Å²) in [5.41, 5.74) is 3.40.